The Labute approximate surface area is 96.9 Å². The van der Waals surface area contributed by atoms with Crippen LogP contribution in [0.5, 0.6) is 0 Å². The van der Waals surface area contributed by atoms with E-state index in [-0.39, 0.29) is 10.6 Å². The molecule has 0 atom stereocenters. The molecule has 0 saturated heterocycles. The predicted molar refractivity (Wildman–Crippen MR) is 59.4 cm³/mol. The van der Waals surface area contributed by atoms with E-state index in [9.17, 15) is 13.2 Å². The average molecular weight is 250 g/mol. The summed E-state index contributed by atoms with van der Waals surface area (Å²) in [6, 6.07) is 3.53. The summed E-state index contributed by atoms with van der Waals surface area (Å²) in [5.74, 6) is 0. The number of alkyl halides is 3. The minimum atomic E-state index is -4.36. The van der Waals surface area contributed by atoms with E-state index in [0.717, 1.165) is 6.07 Å². The van der Waals surface area contributed by atoms with Gasteiger partial charge in [0.05, 0.1) is 5.56 Å². The molecule has 5 heteroatoms. The van der Waals surface area contributed by atoms with Gasteiger partial charge in [-0.2, -0.15) is 13.2 Å². The molecule has 16 heavy (non-hydrogen) atoms. The lowest BCUT2D eigenvalue weighted by atomic mass is 10.1. The third kappa shape index (κ3) is 3.54. The zero-order valence-corrected chi connectivity index (χ0v) is 9.36. The quantitative estimate of drug-likeness (QED) is 0.863. The van der Waals surface area contributed by atoms with E-state index in [2.05, 4.69) is 5.32 Å². The first kappa shape index (κ1) is 13.1. The lowest BCUT2D eigenvalue weighted by Gasteiger charge is -2.10. The summed E-state index contributed by atoms with van der Waals surface area (Å²) in [6.45, 7) is 0.504. The van der Waals surface area contributed by atoms with Crippen molar-refractivity contribution in [2.45, 2.75) is 6.18 Å². The van der Waals surface area contributed by atoms with E-state index in [1.54, 1.807) is 13.1 Å². The van der Waals surface area contributed by atoms with Crippen molar-refractivity contribution in [2.24, 2.45) is 0 Å². The molecule has 1 aromatic carbocycles. The van der Waals surface area contributed by atoms with Gasteiger partial charge < -0.3 is 5.32 Å². The van der Waals surface area contributed by atoms with E-state index in [0.29, 0.717) is 6.54 Å². The summed E-state index contributed by atoms with van der Waals surface area (Å²) in [5, 5.41) is 3.10. The summed E-state index contributed by atoms with van der Waals surface area (Å²) in [7, 11) is 1.72. The standard InChI is InChI=1S/C11H11ClF3N/c1-16-6-2-3-8-7-9(12)4-5-10(8)11(13,14)15/h2-5,7,16H,6H2,1H3. The first-order valence-corrected chi connectivity index (χ1v) is 5.01. The number of hydrogen-bond donors (Lipinski definition) is 1. The van der Waals surface area contributed by atoms with Crippen molar-refractivity contribution in [1.29, 1.82) is 0 Å². The third-order valence-electron chi connectivity index (χ3n) is 1.94. The number of halogens is 4. The van der Waals surface area contributed by atoms with Gasteiger partial charge in [-0.3, -0.25) is 0 Å². The Hall–Kier alpha value is -1.00. The van der Waals surface area contributed by atoms with Crippen molar-refractivity contribution in [3.8, 4) is 0 Å². The molecule has 0 heterocycles. The molecule has 1 rings (SSSR count). The zero-order chi connectivity index (χ0) is 12.2. The highest BCUT2D eigenvalue weighted by atomic mass is 35.5. The Kier molecular flexibility index (Phi) is 4.38. The second-order valence-corrected chi connectivity index (χ2v) is 3.63. The van der Waals surface area contributed by atoms with Crippen molar-refractivity contribution in [3.63, 3.8) is 0 Å². The first-order valence-electron chi connectivity index (χ1n) is 4.63. The maximum absolute atomic E-state index is 12.6. The number of benzene rings is 1. The predicted octanol–water partition coefficient (Wildman–Crippen LogP) is 3.59. The van der Waals surface area contributed by atoms with Crippen LogP contribution in [0.3, 0.4) is 0 Å². The Balaban J connectivity index is 3.09. The molecule has 1 N–H and O–H groups in total. The Bertz CT molecular complexity index is 385. The minimum absolute atomic E-state index is 0.0789. The largest absolute Gasteiger partial charge is 0.416 e. The Morgan fingerprint density at radius 3 is 2.62 bits per heavy atom. The van der Waals surface area contributed by atoms with Gasteiger partial charge in [-0.1, -0.05) is 23.8 Å². The molecule has 0 bridgehead atoms. The lowest BCUT2D eigenvalue weighted by Crippen LogP contribution is -2.08. The fourth-order valence-corrected chi connectivity index (χ4v) is 1.41. The number of rotatable bonds is 3. The van der Waals surface area contributed by atoms with Crippen LogP contribution in [0.25, 0.3) is 6.08 Å². The monoisotopic (exact) mass is 249 g/mol. The molecule has 1 nitrogen and oxygen atoms in total. The summed E-state index contributed by atoms with van der Waals surface area (Å²) in [5.41, 5.74) is -0.598. The van der Waals surface area contributed by atoms with E-state index in [1.807, 2.05) is 0 Å². The Morgan fingerprint density at radius 2 is 2.06 bits per heavy atom. The molecule has 0 unspecified atom stereocenters. The van der Waals surface area contributed by atoms with Crippen molar-refractivity contribution in [2.75, 3.05) is 13.6 Å². The molecule has 1 aromatic rings. The lowest BCUT2D eigenvalue weighted by molar-refractivity contribution is -0.137. The molecule has 0 fully saturated rings. The molecule has 0 aliphatic carbocycles. The third-order valence-corrected chi connectivity index (χ3v) is 2.17. The number of nitrogens with one attached hydrogen (secondary N) is 1. The van der Waals surface area contributed by atoms with Gasteiger partial charge in [-0.05, 0) is 30.8 Å². The molecule has 0 amide bonds. The van der Waals surface area contributed by atoms with Crippen LogP contribution >= 0.6 is 11.6 Å². The van der Waals surface area contributed by atoms with Crippen molar-refractivity contribution in [3.05, 3.63) is 40.4 Å². The molecule has 0 aliphatic rings. The van der Waals surface area contributed by atoms with Gasteiger partial charge in [0.25, 0.3) is 0 Å². The van der Waals surface area contributed by atoms with E-state index in [1.165, 1.54) is 18.2 Å². The van der Waals surface area contributed by atoms with Crippen LogP contribution in [0.4, 0.5) is 13.2 Å². The highest BCUT2D eigenvalue weighted by molar-refractivity contribution is 6.30. The molecule has 88 valence electrons. The van der Waals surface area contributed by atoms with Crippen LogP contribution in [0.2, 0.25) is 5.02 Å². The van der Waals surface area contributed by atoms with Gasteiger partial charge >= 0.3 is 6.18 Å². The van der Waals surface area contributed by atoms with E-state index < -0.39 is 11.7 Å². The van der Waals surface area contributed by atoms with Crippen LogP contribution in [-0.4, -0.2) is 13.6 Å². The number of likely N-dealkylation sites (N-methyl/N-ethyl adjacent to an activating group) is 1. The topological polar surface area (TPSA) is 12.0 Å². The maximum atomic E-state index is 12.6. The van der Waals surface area contributed by atoms with E-state index in [4.69, 9.17) is 11.6 Å². The normalized spacial score (nSPS) is 12.3. The summed E-state index contributed by atoms with van der Waals surface area (Å²) >= 11 is 5.66. The second kappa shape index (κ2) is 5.37. The molecular weight excluding hydrogens is 239 g/mol. The summed E-state index contributed by atoms with van der Waals surface area (Å²) in [6.07, 6.45) is -1.34. The molecule has 0 radical (unpaired) electrons. The smallest absolute Gasteiger partial charge is 0.316 e. The fraction of sp³-hybridized carbons (Fsp3) is 0.273. The van der Waals surface area contributed by atoms with E-state index >= 15 is 0 Å². The molecule has 0 aliphatic heterocycles. The van der Waals surface area contributed by atoms with Gasteiger partial charge in [0.15, 0.2) is 0 Å². The first-order chi connectivity index (χ1) is 7.45. The number of hydrogen-bond acceptors (Lipinski definition) is 1. The molecule has 0 saturated carbocycles. The SMILES string of the molecule is CNCC=Cc1cc(Cl)ccc1C(F)(F)F. The zero-order valence-electron chi connectivity index (χ0n) is 8.61. The molecule has 0 aromatic heterocycles. The van der Waals surface area contributed by atoms with Crippen molar-refractivity contribution >= 4 is 17.7 Å². The van der Waals surface area contributed by atoms with Crippen LogP contribution in [-0.2, 0) is 6.18 Å². The van der Waals surface area contributed by atoms with Gasteiger partial charge in [-0.25, -0.2) is 0 Å². The highest BCUT2D eigenvalue weighted by Crippen LogP contribution is 2.33. The minimum Gasteiger partial charge on any atom is -0.316 e. The van der Waals surface area contributed by atoms with Gasteiger partial charge in [0.2, 0.25) is 0 Å². The molecule has 0 spiro atoms. The summed E-state index contributed by atoms with van der Waals surface area (Å²) in [4.78, 5) is 0. The fourth-order valence-electron chi connectivity index (χ4n) is 1.23. The van der Waals surface area contributed by atoms with Crippen LogP contribution < -0.4 is 5.32 Å². The maximum Gasteiger partial charge on any atom is 0.416 e. The Morgan fingerprint density at radius 1 is 1.38 bits per heavy atom. The van der Waals surface area contributed by atoms with Gasteiger partial charge in [0.1, 0.15) is 0 Å². The van der Waals surface area contributed by atoms with Crippen molar-refractivity contribution < 1.29 is 13.2 Å². The molecular formula is C11H11ClF3N. The van der Waals surface area contributed by atoms with Crippen molar-refractivity contribution in [1.82, 2.24) is 5.32 Å². The average Bonchev–Trinajstić information content (AvgIpc) is 2.16. The summed E-state index contributed by atoms with van der Waals surface area (Å²) < 4.78 is 37.8. The second-order valence-electron chi connectivity index (χ2n) is 3.19. The highest BCUT2D eigenvalue weighted by Gasteiger charge is 2.32. The van der Waals surface area contributed by atoms with Gasteiger partial charge in [-0.15, -0.1) is 0 Å². The van der Waals surface area contributed by atoms with Gasteiger partial charge in [0, 0.05) is 11.6 Å². The van der Waals surface area contributed by atoms with Crippen LogP contribution in [0.15, 0.2) is 24.3 Å². The van der Waals surface area contributed by atoms with Crippen LogP contribution in [0, 0.1) is 0 Å². The van der Waals surface area contributed by atoms with Crippen LogP contribution in [0.1, 0.15) is 11.1 Å².